The minimum atomic E-state index is -1.01. The summed E-state index contributed by atoms with van der Waals surface area (Å²) in [7, 11) is 0. The lowest BCUT2D eigenvalue weighted by Crippen LogP contribution is -2.24. The van der Waals surface area contributed by atoms with Crippen molar-refractivity contribution in [2.45, 2.75) is 32.1 Å². The first-order valence-corrected chi connectivity index (χ1v) is 8.46. The molecule has 0 aromatic carbocycles. The number of amides is 1. The van der Waals surface area contributed by atoms with E-state index in [4.69, 9.17) is 0 Å². The van der Waals surface area contributed by atoms with Crippen molar-refractivity contribution in [3.8, 4) is 0 Å². The molecule has 1 aliphatic carbocycles. The summed E-state index contributed by atoms with van der Waals surface area (Å²) in [5.41, 5.74) is 1.28. The summed E-state index contributed by atoms with van der Waals surface area (Å²) in [5, 5.41) is 14.5. The fourth-order valence-corrected chi connectivity index (χ4v) is 4.62. The molecule has 2 N–H and O–H groups in total. The lowest BCUT2D eigenvalue weighted by molar-refractivity contribution is -0.117. The van der Waals surface area contributed by atoms with Crippen molar-refractivity contribution in [1.82, 2.24) is 0 Å². The number of thiophene rings is 2. The predicted octanol–water partition coefficient (Wildman–Crippen LogP) is 3.87. The first-order chi connectivity index (χ1) is 10.1. The maximum absolute atomic E-state index is 12.5. The molecule has 0 saturated heterocycles. The monoisotopic (exact) mass is 321 g/mol. The van der Waals surface area contributed by atoms with Gasteiger partial charge in [-0.3, -0.25) is 4.79 Å². The van der Waals surface area contributed by atoms with Crippen LogP contribution in [0.3, 0.4) is 0 Å². The Bertz CT molecular complexity index is 702. The highest BCUT2D eigenvalue weighted by atomic mass is 32.1. The number of nitrogens with one attached hydrogen (secondary N) is 1. The molecular weight excluding hydrogens is 306 g/mol. The van der Waals surface area contributed by atoms with Crippen LogP contribution in [0.4, 0.5) is 5.00 Å². The molecule has 3 rings (SSSR count). The molecule has 1 unspecified atom stereocenters. The number of aromatic carboxylic acids is 1. The molecule has 6 heteroatoms. The Labute approximate surface area is 130 Å². The molecule has 2 aromatic rings. The van der Waals surface area contributed by atoms with Crippen LogP contribution >= 0.6 is 22.7 Å². The maximum atomic E-state index is 12.5. The average Bonchev–Trinajstić information content (AvgIpc) is 3.04. The molecule has 2 heterocycles. The maximum Gasteiger partial charge on any atom is 0.338 e. The molecule has 21 heavy (non-hydrogen) atoms. The number of hydrogen-bond acceptors (Lipinski definition) is 4. The van der Waals surface area contributed by atoms with Crippen LogP contribution < -0.4 is 5.32 Å². The van der Waals surface area contributed by atoms with Gasteiger partial charge in [0.25, 0.3) is 0 Å². The van der Waals surface area contributed by atoms with Crippen LogP contribution in [0.2, 0.25) is 0 Å². The van der Waals surface area contributed by atoms with Gasteiger partial charge in [0, 0.05) is 9.75 Å². The normalized spacial score (nSPS) is 17.3. The Morgan fingerprint density at radius 1 is 1.43 bits per heavy atom. The van der Waals surface area contributed by atoms with Crippen molar-refractivity contribution in [2.24, 2.45) is 0 Å². The third-order valence-electron chi connectivity index (χ3n) is 3.69. The third kappa shape index (κ3) is 2.73. The Morgan fingerprint density at radius 3 is 3.00 bits per heavy atom. The van der Waals surface area contributed by atoms with Gasteiger partial charge in [0.2, 0.25) is 5.91 Å². The van der Waals surface area contributed by atoms with Crippen molar-refractivity contribution < 1.29 is 14.7 Å². The second-order valence-corrected chi connectivity index (χ2v) is 7.40. The van der Waals surface area contributed by atoms with Crippen LogP contribution in [0, 0.1) is 6.92 Å². The first-order valence-electron chi connectivity index (χ1n) is 6.77. The molecule has 0 saturated carbocycles. The summed E-state index contributed by atoms with van der Waals surface area (Å²) in [6, 6.07) is 3.61. The molecule has 0 spiro atoms. The van der Waals surface area contributed by atoms with Gasteiger partial charge < -0.3 is 10.4 Å². The first kappa shape index (κ1) is 14.3. The van der Waals surface area contributed by atoms with E-state index in [2.05, 4.69) is 5.32 Å². The van der Waals surface area contributed by atoms with E-state index in [1.54, 1.807) is 17.4 Å². The molecule has 1 atom stereocenters. The van der Waals surface area contributed by atoms with Gasteiger partial charge in [0.1, 0.15) is 5.00 Å². The average molecular weight is 321 g/mol. The standard InChI is InChI=1S/C15H15NO3S2/c1-8-7-11(15(18)19)14(21-8)16-13(17)10-3-2-4-12-9(10)5-6-20-12/h5-7,10H,2-4H2,1H3,(H,16,17)(H,18,19). The zero-order valence-electron chi connectivity index (χ0n) is 11.5. The van der Waals surface area contributed by atoms with Gasteiger partial charge in [-0.2, -0.15) is 0 Å². The number of anilines is 1. The van der Waals surface area contributed by atoms with Gasteiger partial charge in [-0.15, -0.1) is 22.7 Å². The summed E-state index contributed by atoms with van der Waals surface area (Å²) in [6.45, 7) is 1.84. The highest BCUT2D eigenvalue weighted by molar-refractivity contribution is 7.16. The topological polar surface area (TPSA) is 66.4 Å². The number of fused-ring (bicyclic) bond motifs is 1. The van der Waals surface area contributed by atoms with E-state index in [1.165, 1.54) is 16.2 Å². The molecular formula is C15H15NO3S2. The fraction of sp³-hybridized carbons (Fsp3) is 0.333. The largest absolute Gasteiger partial charge is 0.478 e. The number of rotatable bonds is 3. The number of carboxylic acids is 1. The molecule has 1 aliphatic rings. The number of carbonyl (C=O) groups excluding carboxylic acids is 1. The van der Waals surface area contributed by atoms with Gasteiger partial charge in [-0.05, 0) is 49.3 Å². The van der Waals surface area contributed by atoms with E-state index in [9.17, 15) is 14.7 Å². The number of carbonyl (C=O) groups is 2. The van der Waals surface area contributed by atoms with Gasteiger partial charge >= 0.3 is 5.97 Å². The number of carboxylic acid groups (broad SMARTS) is 1. The second-order valence-electron chi connectivity index (χ2n) is 5.14. The molecule has 0 fully saturated rings. The van der Waals surface area contributed by atoms with Crippen molar-refractivity contribution in [3.63, 3.8) is 0 Å². The van der Waals surface area contributed by atoms with Crippen LogP contribution in [-0.2, 0) is 11.2 Å². The minimum absolute atomic E-state index is 0.0984. The summed E-state index contributed by atoms with van der Waals surface area (Å²) >= 11 is 3.00. The van der Waals surface area contributed by atoms with Gasteiger partial charge in [0.15, 0.2) is 0 Å². The van der Waals surface area contributed by atoms with Crippen LogP contribution in [-0.4, -0.2) is 17.0 Å². The van der Waals surface area contributed by atoms with Gasteiger partial charge in [-0.1, -0.05) is 0 Å². The van der Waals surface area contributed by atoms with E-state index in [0.29, 0.717) is 5.00 Å². The van der Waals surface area contributed by atoms with Crippen LogP contribution in [0.15, 0.2) is 17.5 Å². The zero-order valence-corrected chi connectivity index (χ0v) is 13.1. The van der Waals surface area contributed by atoms with Gasteiger partial charge in [0.05, 0.1) is 11.5 Å². The van der Waals surface area contributed by atoms with E-state index >= 15 is 0 Å². The Morgan fingerprint density at radius 2 is 2.24 bits per heavy atom. The van der Waals surface area contributed by atoms with E-state index < -0.39 is 5.97 Å². The highest BCUT2D eigenvalue weighted by Gasteiger charge is 2.28. The number of aryl methyl sites for hydroxylation is 2. The SMILES string of the molecule is Cc1cc(C(=O)O)c(NC(=O)C2CCCc3sccc32)s1. The summed E-state index contributed by atoms with van der Waals surface area (Å²) in [5.74, 6) is -1.27. The Hall–Kier alpha value is -1.66. The van der Waals surface area contributed by atoms with Crippen molar-refractivity contribution in [3.05, 3.63) is 38.4 Å². The zero-order chi connectivity index (χ0) is 15.0. The summed E-state index contributed by atoms with van der Waals surface area (Å²) in [4.78, 5) is 25.9. The fourth-order valence-electron chi connectivity index (χ4n) is 2.72. The second kappa shape index (κ2) is 5.61. The molecule has 4 nitrogen and oxygen atoms in total. The van der Waals surface area contributed by atoms with Crippen LogP contribution in [0.25, 0.3) is 0 Å². The van der Waals surface area contributed by atoms with Crippen LogP contribution in [0.5, 0.6) is 0 Å². The van der Waals surface area contributed by atoms with Crippen LogP contribution in [0.1, 0.15) is 44.4 Å². The minimum Gasteiger partial charge on any atom is -0.478 e. The number of hydrogen-bond donors (Lipinski definition) is 2. The van der Waals surface area contributed by atoms with Crippen molar-refractivity contribution in [1.29, 1.82) is 0 Å². The predicted molar refractivity (Wildman–Crippen MR) is 84.6 cm³/mol. The highest BCUT2D eigenvalue weighted by Crippen LogP contribution is 2.36. The van der Waals surface area contributed by atoms with Crippen molar-refractivity contribution >= 4 is 39.6 Å². The Kier molecular flexibility index (Phi) is 3.82. The molecule has 0 bridgehead atoms. The molecule has 2 aromatic heterocycles. The van der Waals surface area contributed by atoms with E-state index in [1.807, 2.05) is 18.4 Å². The smallest absolute Gasteiger partial charge is 0.338 e. The Balaban J connectivity index is 1.84. The molecule has 0 radical (unpaired) electrons. The molecule has 0 aliphatic heterocycles. The third-order valence-corrected chi connectivity index (χ3v) is 5.65. The summed E-state index contributed by atoms with van der Waals surface area (Å²) < 4.78 is 0. The lowest BCUT2D eigenvalue weighted by Gasteiger charge is -2.21. The van der Waals surface area contributed by atoms with Crippen molar-refractivity contribution in [2.75, 3.05) is 5.32 Å². The summed E-state index contributed by atoms with van der Waals surface area (Å²) in [6.07, 6.45) is 2.86. The lowest BCUT2D eigenvalue weighted by atomic mass is 9.87. The van der Waals surface area contributed by atoms with Gasteiger partial charge in [-0.25, -0.2) is 4.79 Å². The van der Waals surface area contributed by atoms with E-state index in [0.717, 1.165) is 29.7 Å². The quantitative estimate of drug-likeness (QED) is 0.901. The molecule has 110 valence electrons. The molecule has 1 amide bonds. The van der Waals surface area contributed by atoms with E-state index in [-0.39, 0.29) is 17.4 Å².